The topological polar surface area (TPSA) is 81.0 Å². The van der Waals surface area contributed by atoms with Crippen molar-refractivity contribution in [3.63, 3.8) is 0 Å². The van der Waals surface area contributed by atoms with E-state index in [1.807, 2.05) is 34.6 Å². The number of anilines is 1. The van der Waals surface area contributed by atoms with Crippen molar-refractivity contribution in [3.05, 3.63) is 21.1 Å². The Hall–Kier alpha value is -1.43. The molecule has 0 aliphatic carbocycles. The lowest BCUT2D eigenvalue weighted by Crippen LogP contribution is -2.21. The molecule has 1 atom stereocenters. The average Bonchev–Trinajstić information content (AvgIpc) is 2.26. The number of nitro groups is 1. The third-order valence-electron chi connectivity index (χ3n) is 2.69. The molecule has 0 saturated heterocycles. The SMILES string of the molecule is CCC(C)Nc1nc(C(C)(C)C)nc(Cl)c1[N+](=O)[O-]. The molecule has 0 amide bonds. The number of rotatable bonds is 4. The van der Waals surface area contributed by atoms with Gasteiger partial charge in [-0.25, -0.2) is 9.97 Å². The zero-order valence-corrected chi connectivity index (χ0v) is 12.6. The molecular formula is C12H19ClN4O2. The fraction of sp³-hybridized carbons (Fsp3) is 0.667. The second-order valence-electron chi connectivity index (χ2n) is 5.50. The quantitative estimate of drug-likeness (QED) is 0.520. The third kappa shape index (κ3) is 3.76. The van der Waals surface area contributed by atoms with Crippen LogP contribution >= 0.6 is 11.6 Å². The first-order chi connectivity index (χ1) is 8.66. The number of aromatic nitrogens is 2. The highest BCUT2D eigenvalue weighted by Gasteiger charge is 2.28. The first-order valence-corrected chi connectivity index (χ1v) is 6.53. The van der Waals surface area contributed by atoms with Crippen molar-refractivity contribution < 1.29 is 4.92 Å². The maximum absolute atomic E-state index is 11.1. The van der Waals surface area contributed by atoms with Crippen LogP contribution in [0.4, 0.5) is 11.5 Å². The Morgan fingerprint density at radius 3 is 2.42 bits per heavy atom. The monoisotopic (exact) mass is 286 g/mol. The van der Waals surface area contributed by atoms with Gasteiger partial charge in [-0.1, -0.05) is 39.3 Å². The van der Waals surface area contributed by atoms with Gasteiger partial charge in [0.2, 0.25) is 11.0 Å². The molecule has 1 aromatic heterocycles. The summed E-state index contributed by atoms with van der Waals surface area (Å²) in [7, 11) is 0. The maximum Gasteiger partial charge on any atom is 0.348 e. The summed E-state index contributed by atoms with van der Waals surface area (Å²) in [6.07, 6.45) is 0.823. The summed E-state index contributed by atoms with van der Waals surface area (Å²) in [5.74, 6) is 0.665. The second kappa shape index (κ2) is 5.69. The van der Waals surface area contributed by atoms with Gasteiger partial charge in [-0.05, 0) is 13.3 Å². The molecule has 106 valence electrons. The van der Waals surface area contributed by atoms with Crippen molar-refractivity contribution in [3.8, 4) is 0 Å². The molecule has 6 nitrogen and oxygen atoms in total. The predicted molar refractivity (Wildman–Crippen MR) is 75.8 cm³/mol. The second-order valence-corrected chi connectivity index (χ2v) is 5.85. The van der Waals surface area contributed by atoms with E-state index in [9.17, 15) is 10.1 Å². The van der Waals surface area contributed by atoms with Crippen LogP contribution in [0.15, 0.2) is 0 Å². The Morgan fingerprint density at radius 1 is 1.42 bits per heavy atom. The molecule has 0 aliphatic heterocycles. The van der Waals surface area contributed by atoms with Crippen molar-refractivity contribution in [2.45, 2.75) is 52.5 Å². The largest absolute Gasteiger partial charge is 0.362 e. The van der Waals surface area contributed by atoms with E-state index >= 15 is 0 Å². The zero-order valence-electron chi connectivity index (χ0n) is 11.8. The predicted octanol–water partition coefficient (Wildman–Crippen LogP) is 3.55. The lowest BCUT2D eigenvalue weighted by Gasteiger charge is -2.19. The Bertz CT molecular complexity index is 485. The molecular weight excluding hydrogens is 268 g/mol. The standard InChI is InChI=1S/C12H19ClN4O2/c1-6-7(2)14-10-8(17(18)19)9(13)15-11(16-10)12(3,4)5/h7H,6H2,1-5H3,(H,14,15,16). The minimum absolute atomic E-state index is 0.0671. The molecule has 1 rings (SSSR count). The van der Waals surface area contributed by atoms with Crippen molar-refractivity contribution >= 4 is 23.1 Å². The lowest BCUT2D eigenvalue weighted by atomic mass is 9.96. The van der Waals surface area contributed by atoms with E-state index in [4.69, 9.17) is 11.6 Å². The Labute approximate surface area is 117 Å². The molecule has 0 bridgehead atoms. The van der Waals surface area contributed by atoms with E-state index in [0.717, 1.165) is 6.42 Å². The fourth-order valence-corrected chi connectivity index (χ4v) is 1.60. The van der Waals surface area contributed by atoms with Gasteiger partial charge in [-0.2, -0.15) is 0 Å². The van der Waals surface area contributed by atoms with Crippen LogP contribution in [0.2, 0.25) is 5.15 Å². The third-order valence-corrected chi connectivity index (χ3v) is 2.95. The van der Waals surface area contributed by atoms with E-state index in [-0.39, 0.29) is 28.1 Å². The molecule has 0 saturated carbocycles. The highest BCUT2D eigenvalue weighted by Crippen LogP contribution is 2.33. The van der Waals surface area contributed by atoms with Gasteiger partial charge in [-0.3, -0.25) is 10.1 Å². The van der Waals surface area contributed by atoms with Crippen LogP contribution in [0.1, 0.15) is 46.9 Å². The van der Waals surface area contributed by atoms with Crippen molar-refractivity contribution in [1.29, 1.82) is 0 Å². The molecule has 1 heterocycles. The van der Waals surface area contributed by atoms with Crippen LogP contribution in [0.3, 0.4) is 0 Å². The summed E-state index contributed by atoms with van der Waals surface area (Å²) in [4.78, 5) is 18.8. The van der Waals surface area contributed by atoms with Crippen molar-refractivity contribution in [2.24, 2.45) is 0 Å². The van der Waals surface area contributed by atoms with Gasteiger partial charge < -0.3 is 5.32 Å². The Balaban J connectivity index is 3.37. The minimum atomic E-state index is -0.556. The van der Waals surface area contributed by atoms with Crippen molar-refractivity contribution in [2.75, 3.05) is 5.32 Å². The lowest BCUT2D eigenvalue weighted by molar-refractivity contribution is -0.384. The fourth-order valence-electron chi connectivity index (χ4n) is 1.36. The number of nitrogens with one attached hydrogen (secondary N) is 1. The van der Waals surface area contributed by atoms with Crippen LogP contribution in [-0.2, 0) is 5.41 Å². The molecule has 0 fully saturated rings. The molecule has 1 aromatic rings. The van der Waals surface area contributed by atoms with Crippen LogP contribution < -0.4 is 5.32 Å². The Kier molecular flexibility index (Phi) is 4.68. The Morgan fingerprint density at radius 2 is 2.00 bits per heavy atom. The van der Waals surface area contributed by atoms with E-state index in [1.54, 1.807) is 0 Å². The van der Waals surface area contributed by atoms with E-state index in [0.29, 0.717) is 5.82 Å². The molecule has 19 heavy (non-hydrogen) atoms. The van der Waals surface area contributed by atoms with Gasteiger partial charge in [0.1, 0.15) is 5.82 Å². The van der Waals surface area contributed by atoms with Gasteiger partial charge in [-0.15, -0.1) is 0 Å². The summed E-state index contributed by atoms with van der Waals surface area (Å²) in [5.41, 5.74) is -0.597. The van der Waals surface area contributed by atoms with Gasteiger partial charge in [0.15, 0.2) is 0 Å². The minimum Gasteiger partial charge on any atom is -0.362 e. The molecule has 0 radical (unpaired) electrons. The summed E-state index contributed by atoms with van der Waals surface area (Å²) in [6, 6.07) is 0.0671. The molecule has 0 aromatic carbocycles. The van der Waals surface area contributed by atoms with E-state index < -0.39 is 4.92 Å². The average molecular weight is 287 g/mol. The summed E-state index contributed by atoms with van der Waals surface area (Å²) in [6.45, 7) is 9.69. The first-order valence-electron chi connectivity index (χ1n) is 6.15. The molecule has 0 spiro atoms. The van der Waals surface area contributed by atoms with Crippen molar-refractivity contribution in [1.82, 2.24) is 9.97 Å². The van der Waals surface area contributed by atoms with Gasteiger partial charge in [0, 0.05) is 11.5 Å². The highest BCUT2D eigenvalue weighted by molar-refractivity contribution is 6.31. The van der Waals surface area contributed by atoms with E-state index in [1.165, 1.54) is 0 Å². The number of hydrogen-bond donors (Lipinski definition) is 1. The molecule has 1 N–H and O–H groups in total. The number of halogens is 1. The number of nitrogens with zero attached hydrogens (tertiary/aromatic N) is 3. The summed E-state index contributed by atoms with van der Waals surface area (Å²) < 4.78 is 0. The molecule has 0 aliphatic rings. The van der Waals surface area contributed by atoms with E-state index in [2.05, 4.69) is 15.3 Å². The van der Waals surface area contributed by atoms with Crippen LogP contribution in [-0.4, -0.2) is 20.9 Å². The smallest absolute Gasteiger partial charge is 0.348 e. The maximum atomic E-state index is 11.1. The van der Waals surface area contributed by atoms with Gasteiger partial charge in [0.05, 0.1) is 4.92 Å². The highest BCUT2D eigenvalue weighted by atomic mass is 35.5. The van der Waals surface area contributed by atoms with Gasteiger partial charge >= 0.3 is 5.69 Å². The van der Waals surface area contributed by atoms with Crippen LogP contribution in [0.5, 0.6) is 0 Å². The molecule has 1 unspecified atom stereocenters. The first kappa shape index (κ1) is 15.6. The van der Waals surface area contributed by atoms with Gasteiger partial charge in [0.25, 0.3) is 0 Å². The zero-order chi connectivity index (χ0) is 14.8. The van der Waals surface area contributed by atoms with Crippen LogP contribution in [0, 0.1) is 10.1 Å². The summed E-state index contributed by atoms with van der Waals surface area (Å²) >= 11 is 5.93. The normalized spacial score (nSPS) is 13.2. The van der Waals surface area contributed by atoms with Crippen LogP contribution in [0.25, 0.3) is 0 Å². The summed E-state index contributed by atoms with van der Waals surface area (Å²) in [5, 5.41) is 14.0. The molecule has 7 heteroatoms. The number of hydrogen-bond acceptors (Lipinski definition) is 5.